The van der Waals surface area contributed by atoms with Crippen molar-refractivity contribution in [1.29, 1.82) is 0 Å². The second kappa shape index (κ2) is 6.54. The van der Waals surface area contributed by atoms with Crippen LogP contribution in [0, 0.1) is 0 Å². The van der Waals surface area contributed by atoms with E-state index in [-0.39, 0.29) is 22.7 Å². The van der Waals surface area contributed by atoms with E-state index in [0.717, 1.165) is 0 Å². The van der Waals surface area contributed by atoms with Crippen molar-refractivity contribution in [3.05, 3.63) is 29.6 Å². The summed E-state index contributed by atoms with van der Waals surface area (Å²) in [5.41, 5.74) is 0.365. The molecule has 5 heteroatoms. The van der Waals surface area contributed by atoms with Crippen LogP contribution in [0.1, 0.15) is 63.7 Å². The minimum Gasteiger partial charge on any atom is -0.387 e. The van der Waals surface area contributed by atoms with Gasteiger partial charge in [0.05, 0.1) is 6.10 Å². The number of β-amino-alcohol motifs (C(OH)–C–C–N with tert-alkyl or cyclic N) is 1. The van der Waals surface area contributed by atoms with Gasteiger partial charge in [0.15, 0.2) is 0 Å². The van der Waals surface area contributed by atoms with Gasteiger partial charge in [-0.25, -0.2) is 0 Å². The molecule has 1 rings (SSSR count). The van der Waals surface area contributed by atoms with Crippen molar-refractivity contribution in [2.75, 3.05) is 6.54 Å². The summed E-state index contributed by atoms with van der Waals surface area (Å²) in [6.45, 7) is 12.2. The third-order valence-electron chi connectivity index (χ3n) is 2.73. The van der Waals surface area contributed by atoms with Crippen LogP contribution in [0.3, 0.4) is 0 Å². The second-order valence-corrected chi connectivity index (χ2v) is 7.29. The fraction of sp³-hybridized carbons (Fsp3) is 0.625. The van der Waals surface area contributed by atoms with Crippen LogP contribution in [0.25, 0.3) is 0 Å². The van der Waals surface area contributed by atoms with Crippen LogP contribution in [0.4, 0.5) is 0 Å². The van der Waals surface area contributed by atoms with Crippen LogP contribution in [-0.4, -0.2) is 33.6 Å². The number of rotatable bonds is 4. The zero-order chi connectivity index (χ0) is 16.3. The van der Waals surface area contributed by atoms with E-state index in [1.807, 2.05) is 41.5 Å². The van der Waals surface area contributed by atoms with Crippen molar-refractivity contribution in [3.8, 4) is 0 Å². The largest absolute Gasteiger partial charge is 0.387 e. The SMILES string of the molecule is CC(C)(C)NCC(O)c1cccnc1C(=O)NC(C)(C)C. The third-order valence-corrected chi connectivity index (χ3v) is 2.73. The molecule has 0 fully saturated rings. The molecule has 1 unspecified atom stereocenters. The number of hydrogen-bond acceptors (Lipinski definition) is 4. The Hall–Kier alpha value is -1.46. The molecule has 0 saturated heterocycles. The average Bonchev–Trinajstić information content (AvgIpc) is 2.33. The van der Waals surface area contributed by atoms with Gasteiger partial charge in [0.1, 0.15) is 5.69 Å². The van der Waals surface area contributed by atoms with Crippen molar-refractivity contribution >= 4 is 5.91 Å². The Bertz CT molecular complexity index is 487. The zero-order valence-electron chi connectivity index (χ0n) is 13.8. The summed E-state index contributed by atoms with van der Waals surface area (Å²) in [6.07, 6.45) is 0.781. The molecule has 0 aromatic carbocycles. The number of nitrogens with zero attached hydrogens (tertiary/aromatic N) is 1. The van der Waals surface area contributed by atoms with Gasteiger partial charge in [-0.05, 0) is 47.6 Å². The predicted molar refractivity (Wildman–Crippen MR) is 84.2 cm³/mol. The second-order valence-electron chi connectivity index (χ2n) is 7.29. The van der Waals surface area contributed by atoms with E-state index in [4.69, 9.17) is 0 Å². The van der Waals surface area contributed by atoms with Crippen LogP contribution >= 0.6 is 0 Å². The molecule has 0 aliphatic heterocycles. The fourth-order valence-corrected chi connectivity index (χ4v) is 1.79. The molecule has 118 valence electrons. The summed E-state index contributed by atoms with van der Waals surface area (Å²) in [6, 6.07) is 3.46. The molecule has 3 N–H and O–H groups in total. The molecular weight excluding hydrogens is 266 g/mol. The average molecular weight is 293 g/mol. The normalized spacial score (nSPS) is 13.9. The Morgan fingerprint density at radius 3 is 2.38 bits per heavy atom. The molecule has 0 saturated carbocycles. The van der Waals surface area contributed by atoms with Gasteiger partial charge in [-0.3, -0.25) is 9.78 Å². The van der Waals surface area contributed by atoms with Crippen LogP contribution in [0.15, 0.2) is 18.3 Å². The molecule has 1 aromatic heterocycles. The Kier molecular flexibility index (Phi) is 5.48. The number of aromatic nitrogens is 1. The maximum absolute atomic E-state index is 12.3. The minimum absolute atomic E-state index is 0.100. The monoisotopic (exact) mass is 293 g/mol. The van der Waals surface area contributed by atoms with E-state index < -0.39 is 6.10 Å². The van der Waals surface area contributed by atoms with Gasteiger partial charge in [0.2, 0.25) is 0 Å². The third kappa shape index (κ3) is 6.23. The van der Waals surface area contributed by atoms with E-state index in [1.165, 1.54) is 0 Å². The lowest BCUT2D eigenvalue weighted by molar-refractivity contribution is 0.0905. The number of pyridine rings is 1. The van der Waals surface area contributed by atoms with Gasteiger partial charge in [-0.15, -0.1) is 0 Å². The van der Waals surface area contributed by atoms with Gasteiger partial charge < -0.3 is 15.7 Å². The van der Waals surface area contributed by atoms with Gasteiger partial charge >= 0.3 is 0 Å². The Morgan fingerprint density at radius 2 is 1.86 bits per heavy atom. The highest BCUT2D eigenvalue weighted by Gasteiger charge is 2.23. The number of aliphatic hydroxyl groups is 1. The molecule has 0 spiro atoms. The first kappa shape index (κ1) is 17.6. The standard InChI is InChI=1S/C16H27N3O2/c1-15(2,3)18-10-12(20)11-8-7-9-17-13(11)14(21)19-16(4,5)6/h7-9,12,18,20H,10H2,1-6H3,(H,19,21). The first-order valence-corrected chi connectivity index (χ1v) is 7.20. The number of amides is 1. The summed E-state index contributed by atoms with van der Waals surface area (Å²) in [5, 5.41) is 16.4. The van der Waals surface area contributed by atoms with E-state index in [0.29, 0.717) is 12.1 Å². The van der Waals surface area contributed by atoms with Gasteiger partial charge in [0.25, 0.3) is 5.91 Å². The zero-order valence-corrected chi connectivity index (χ0v) is 13.8. The molecule has 21 heavy (non-hydrogen) atoms. The van der Waals surface area contributed by atoms with Crippen molar-refractivity contribution in [2.45, 2.75) is 58.7 Å². The smallest absolute Gasteiger partial charge is 0.270 e. The summed E-state index contributed by atoms with van der Waals surface area (Å²) < 4.78 is 0. The lowest BCUT2D eigenvalue weighted by Gasteiger charge is -2.24. The number of carbonyl (C=O) groups excluding carboxylic acids is 1. The van der Waals surface area contributed by atoms with Crippen molar-refractivity contribution in [1.82, 2.24) is 15.6 Å². The highest BCUT2D eigenvalue weighted by molar-refractivity contribution is 5.94. The van der Waals surface area contributed by atoms with Gasteiger partial charge in [0, 0.05) is 29.4 Å². The van der Waals surface area contributed by atoms with Crippen LogP contribution in [-0.2, 0) is 0 Å². The molecule has 1 atom stereocenters. The predicted octanol–water partition coefficient (Wildman–Crippen LogP) is 2.03. The Labute approximate surface area is 127 Å². The van der Waals surface area contributed by atoms with Crippen molar-refractivity contribution < 1.29 is 9.90 Å². The van der Waals surface area contributed by atoms with Crippen molar-refractivity contribution in [3.63, 3.8) is 0 Å². The van der Waals surface area contributed by atoms with Gasteiger partial charge in [-0.2, -0.15) is 0 Å². The molecule has 0 aliphatic carbocycles. The molecule has 5 nitrogen and oxygen atoms in total. The summed E-state index contributed by atoms with van der Waals surface area (Å²) in [7, 11) is 0. The number of aliphatic hydroxyl groups excluding tert-OH is 1. The van der Waals surface area contributed by atoms with Crippen LogP contribution in [0.5, 0.6) is 0 Å². The molecule has 0 radical (unpaired) electrons. The first-order chi connectivity index (χ1) is 9.49. The quantitative estimate of drug-likeness (QED) is 0.794. The van der Waals surface area contributed by atoms with Crippen LogP contribution in [0.2, 0.25) is 0 Å². The fourth-order valence-electron chi connectivity index (χ4n) is 1.79. The molecule has 1 aromatic rings. The summed E-state index contributed by atoms with van der Waals surface area (Å²) in [5.74, 6) is -0.270. The van der Waals surface area contributed by atoms with E-state index in [9.17, 15) is 9.90 Å². The number of hydrogen-bond donors (Lipinski definition) is 3. The minimum atomic E-state index is -0.779. The summed E-state index contributed by atoms with van der Waals surface area (Å²) >= 11 is 0. The molecule has 0 aliphatic rings. The maximum Gasteiger partial charge on any atom is 0.270 e. The van der Waals surface area contributed by atoms with E-state index >= 15 is 0 Å². The molecule has 0 bridgehead atoms. The highest BCUT2D eigenvalue weighted by Crippen LogP contribution is 2.17. The van der Waals surface area contributed by atoms with E-state index in [2.05, 4.69) is 15.6 Å². The number of carbonyl (C=O) groups is 1. The molecular formula is C16H27N3O2. The Morgan fingerprint density at radius 1 is 1.24 bits per heavy atom. The van der Waals surface area contributed by atoms with E-state index in [1.54, 1.807) is 18.3 Å². The Balaban J connectivity index is 2.91. The highest BCUT2D eigenvalue weighted by atomic mass is 16.3. The lowest BCUT2D eigenvalue weighted by Crippen LogP contribution is -2.42. The number of nitrogens with one attached hydrogen (secondary N) is 2. The molecule has 1 heterocycles. The molecule has 1 amide bonds. The summed E-state index contributed by atoms with van der Waals surface area (Å²) in [4.78, 5) is 16.4. The maximum atomic E-state index is 12.3. The van der Waals surface area contributed by atoms with Crippen LogP contribution < -0.4 is 10.6 Å². The topological polar surface area (TPSA) is 74.2 Å². The van der Waals surface area contributed by atoms with Crippen molar-refractivity contribution in [2.24, 2.45) is 0 Å². The first-order valence-electron chi connectivity index (χ1n) is 7.20. The van der Waals surface area contributed by atoms with Gasteiger partial charge in [-0.1, -0.05) is 6.07 Å². The lowest BCUT2D eigenvalue weighted by atomic mass is 10.0.